The number of hydrogen-bond acceptors (Lipinski definition) is 3. The number of benzene rings is 1. The number of ether oxygens (including phenoxy) is 1. The fourth-order valence-corrected chi connectivity index (χ4v) is 2.60. The fourth-order valence-electron chi connectivity index (χ4n) is 2.01. The number of methoxy groups -OCH3 is 1. The standard InChI is InChI=1S/C16H23BrN2O/c1-12(2)14(10-18)11-19(3)8-7-13-5-6-16(20-4)15(17)9-13/h5-6,9,12,14H,7-8,11H2,1-4H3. The van der Waals surface area contributed by atoms with E-state index >= 15 is 0 Å². The lowest BCUT2D eigenvalue weighted by Crippen LogP contribution is -2.29. The Hall–Kier alpha value is -1.05. The van der Waals surface area contributed by atoms with Gasteiger partial charge in [-0.1, -0.05) is 19.9 Å². The van der Waals surface area contributed by atoms with Crippen LogP contribution in [0.5, 0.6) is 5.75 Å². The van der Waals surface area contributed by atoms with Gasteiger partial charge in [-0.25, -0.2) is 0 Å². The van der Waals surface area contributed by atoms with E-state index in [2.05, 4.69) is 59.9 Å². The van der Waals surface area contributed by atoms with Crippen molar-refractivity contribution < 1.29 is 4.74 Å². The van der Waals surface area contributed by atoms with E-state index in [0.29, 0.717) is 5.92 Å². The van der Waals surface area contributed by atoms with E-state index in [0.717, 1.165) is 29.7 Å². The molecule has 0 aliphatic rings. The van der Waals surface area contributed by atoms with Crippen LogP contribution in [0.1, 0.15) is 19.4 Å². The van der Waals surface area contributed by atoms with E-state index < -0.39 is 0 Å². The van der Waals surface area contributed by atoms with E-state index in [4.69, 9.17) is 10.00 Å². The first-order valence-electron chi connectivity index (χ1n) is 6.88. The highest BCUT2D eigenvalue weighted by Gasteiger charge is 2.14. The van der Waals surface area contributed by atoms with Crippen LogP contribution in [0.2, 0.25) is 0 Å². The molecule has 0 amide bonds. The summed E-state index contributed by atoms with van der Waals surface area (Å²) < 4.78 is 6.21. The minimum absolute atomic E-state index is 0.0996. The van der Waals surface area contributed by atoms with Gasteiger partial charge in [0.25, 0.3) is 0 Å². The molecule has 1 unspecified atom stereocenters. The largest absolute Gasteiger partial charge is 0.496 e. The van der Waals surface area contributed by atoms with Gasteiger partial charge in [0.15, 0.2) is 0 Å². The van der Waals surface area contributed by atoms with Crippen molar-refractivity contribution in [2.45, 2.75) is 20.3 Å². The third-order valence-electron chi connectivity index (χ3n) is 3.48. The molecule has 1 rings (SSSR count). The van der Waals surface area contributed by atoms with Crippen molar-refractivity contribution in [1.82, 2.24) is 4.90 Å². The van der Waals surface area contributed by atoms with E-state index in [9.17, 15) is 0 Å². The second-order valence-electron chi connectivity index (χ2n) is 5.46. The van der Waals surface area contributed by atoms with Gasteiger partial charge in [0.05, 0.1) is 23.6 Å². The molecule has 0 radical (unpaired) electrons. The van der Waals surface area contributed by atoms with Gasteiger partial charge in [-0.2, -0.15) is 5.26 Å². The van der Waals surface area contributed by atoms with Crippen LogP contribution in [0.4, 0.5) is 0 Å². The molecule has 0 saturated heterocycles. The first-order valence-corrected chi connectivity index (χ1v) is 7.67. The van der Waals surface area contributed by atoms with Crippen LogP contribution in [-0.4, -0.2) is 32.1 Å². The summed E-state index contributed by atoms with van der Waals surface area (Å²) in [6.45, 7) is 5.97. The zero-order valence-corrected chi connectivity index (χ0v) is 14.3. The van der Waals surface area contributed by atoms with Crippen LogP contribution in [0, 0.1) is 23.2 Å². The summed E-state index contributed by atoms with van der Waals surface area (Å²) in [5, 5.41) is 9.13. The Morgan fingerprint density at radius 3 is 2.60 bits per heavy atom. The Bertz CT molecular complexity index is 468. The Morgan fingerprint density at radius 2 is 2.10 bits per heavy atom. The van der Waals surface area contributed by atoms with Gasteiger partial charge in [-0.05, 0) is 53.0 Å². The average molecular weight is 339 g/mol. The van der Waals surface area contributed by atoms with Crippen LogP contribution in [0.3, 0.4) is 0 Å². The minimum atomic E-state index is 0.0996. The number of rotatable bonds is 7. The van der Waals surface area contributed by atoms with Crippen molar-refractivity contribution in [3.05, 3.63) is 28.2 Å². The molecule has 0 aliphatic carbocycles. The molecular formula is C16H23BrN2O. The summed E-state index contributed by atoms with van der Waals surface area (Å²) in [6.07, 6.45) is 0.968. The molecule has 1 aromatic rings. The zero-order valence-electron chi connectivity index (χ0n) is 12.7. The molecule has 1 atom stereocenters. The monoisotopic (exact) mass is 338 g/mol. The van der Waals surface area contributed by atoms with Crippen molar-refractivity contribution in [1.29, 1.82) is 5.26 Å². The van der Waals surface area contributed by atoms with Gasteiger partial charge in [-0.3, -0.25) is 0 Å². The molecule has 3 nitrogen and oxygen atoms in total. The Morgan fingerprint density at radius 1 is 1.40 bits per heavy atom. The average Bonchev–Trinajstić information content (AvgIpc) is 2.42. The van der Waals surface area contributed by atoms with Crippen LogP contribution in [0.25, 0.3) is 0 Å². The third-order valence-corrected chi connectivity index (χ3v) is 4.10. The maximum absolute atomic E-state index is 9.13. The number of nitrogens with zero attached hydrogens (tertiary/aromatic N) is 2. The molecule has 0 heterocycles. The fraction of sp³-hybridized carbons (Fsp3) is 0.562. The van der Waals surface area contributed by atoms with Crippen LogP contribution in [-0.2, 0) is 6.42 Å². The second kappa shape index (κ2) is 8.28. The van der Waals surface area contributed by atoms with E-state index in [1.165, 1.54) is 5.56 Å². The Balaban J connectivity index is 2.51. The molecule has 0 fully saturated rings. The van der Waals surface area contributed by atoms with Crippen molar-refractivity contribution in [2.24, 2.45) is 11.8 Å². The van der Waals surface area contributed by atoms with Gasteiger partial charge in [0, 0.05) is 13.1 Å². The summed E-state index contributed by atoms with van der Waals surface area (Å²) in [7, 11) is 3.74. The van der Waals surface area contributed by atoms with Crippen molar-refractivity contribution in [2.75, 3.05) is 27.2 Å². The highest BCUT2D eigenvalue weighted by Crippen LogP contribution is 2.25. The number of hydrogen-bond donors (Lipinski definition) is 0. The molecule has 0 aromatic heterocycles. The lowest BCUT2D eigenvalue weighted by molar-refractivity contribution is 0.275. The molecular weight excluding hydrogens is 316 g/mol. The Kier molecular flexibility index (Phi) is 7.04. The SMILES string of the molecule is COc1ccc(CCN(C)CC(C#N)C(C)C)cc1Br. The van der Waals surface area contributed by atoms with Crippen LogP contribution in [0.15, 0.2) is 22.7 Å². The molecule has 0 bridgehead atoms. The molecule has 110 valence electrons. The highest BCUT2D eigenvalue weighted by molar-refractivity contribution is 9.10. The maximum Gasteiger partial charge on any atom is 0.133 e. The molecule has 0 spiro atoms. The number of nitriles is 1. The molecule has 0 aliphatic heterocycles. The molecule has 20 heavy (non-hydrogen) atoms. The van der Waals surface area contributed by atoms with Crippen molar-refractivity contribution in [3.63, 3.8) is 0 Å². The lowest BCUT2D eigenvalue weighted by Gasteiger charge is -2.22. The lowest BCUT2D eigenvalue weighted by atomic mass is 9.97. The van der Waals surface area contributed by atoms with E-state index in [1.807, 2.05) is 6.07 Å². The summed E-state index contributed by atoms with van der Waals surface area (Å²) in [5.41, 5.74) is 1.27. The predicted molar refractivity (Wildman–Crippen MR) is 85.8 cm³/mol. The Labute approximate surface area is 130 Å². The molecule has 0 saturated carbocycles. The number of halogens is 1. The van der Waals surface area contributed by atoms with Gasteiger partial charge >= 0.3 is 0 Å². The van der Waals surface area contributed by atoms with Crippen molar-refractivity contribution in [3.8, 4) is 11.8 Å². The molecule has 4 heteroatoms. The third kappa shape index (κ3) is 5.15. The van der Waals surface area contributed by atoms with Gasteiger partial charge < -0.3 is 9.64 Å². The van der Waals surface area contributed by atoms with Gasteiger partial charge in [-0.15, -0.1) is 0 Å². The minimum Gasteiger partial charge on any atom is -0.496 e. The summed E-state index contributed by atoms with van der Waals surface area (Å²) in [5.74, 6) is 1.35. The molecule has 1 aromatic carbocycles. The zero-order chi connectivity index (χ0) is 15.1. The van der Waals surface area contributed by atoms with E-state index in [1.54, 1.807) is 7.11 Å². The van der Waals surface area contributed by atoms with Crippen LogP contribution < -0.4 is 4.74 Å². The van der Waals surface area contributed by atoms with Crippen LogP contribution >= 0.6 is 15.9 Å². The second-order valence-corrected chi connectivity index (χ2v) is 6.32. The maximum atomic E-state index is 9.13. The topological polar surface area (TPSA) is 36.3 Å². The molecule has 0 N–H and O–H groups in total. The quantitative estimate of drug-likeness (QED) is 0.759. The first-order chi connectivity index (χ1) is 9.47. The van der Waals surface area contributed by atoms with Gasteiger partial charge in [0.2, 0.25) is 0 Å². The van der Waals surface area contributed by atoms with E-state index in [-0.39, 0.29) is 5.92 Å². The summed E-state index contributed by atoms with van der Waals surface area (Å²) >= 11 is 3.50. The summed E-state index contributed by atoms with van der Waals surface area (Å²) in [4.78, 5) is 2.23. The highest BCUT2D eigenvalue weighted by atomic mass is 79.9. The van der Waals surface area contributed by atoms with Crippen molar-refractivity contribution >= 4 is 15.9 Å². The smallest absolute Gasteiger partial charge is 0.133 e. The number of likely N-dealkylation sites (N-methyl/N-ethyl adjacent to an activating group) is 1. The normalized spacial score (nSPS) is 12.5. The predicted octanol–water partition coefficient (Wildman–Crippen LogP) is 3.73. The summed E-state index contributed by atoms with van der Waals surface area (Å²) in [6, 6.07) is 8.55. The van der Waals surface area contributed by atoms with Gasteiger partial charge in [0.1, 0.15) is 5.75 Å². The first kappa shape index (κ1) is 17.0.